The van der Waals surface area contributed by atoms with E-state index in [2.05, 4.69) is 0 Å². The van der Waals surface area contributed by atoms with Gasteiger partial charge in [0.05, 0.1) is 19.8 Å². The maximum Gasteiger partial charge on any atom is 0.229 e. The Morgan fingerprint density at radius 2 is 1.45 bits per heavy atom. The van der Waals surface area contributed by atoms with E-state index in [0.29, 0.717) is 11.3 Å². The molecule has 0 aliphatic carbocycles. The SMILES string of the molecule is COc1cc(O)c2c(=O)cc(-c3ccc(O[C@@H]4O[C@H](CO[C@@H]5O[C@H](C)[C@@H](O)[C@H](O)[C@@H]5O)[C@@H](O)[C@H](O)[C@H]4O)cc3)oc2c1. The molecule has 228 valence electrons. The number of phenols is 1. The van der Waals surface area contributed by atoms with Gasteiger partial charge in [0.2, 0.25) is 6.29 Å². The zero-order chi connectivity index (χ0) is 30.3. The third-order valence-corrected chi connectivity index (χ3v) is 7.31. The second-order valence-electron chi connectivity index (χ2n) is 10.2. The highest BCUT2D eigenvalue weighted by atomic mass is 16.7. The van der Waals surface area contributed by atoms with E-state index in [9.17, 15) is 40.5 Å². The number of phenolic OH excluding ortho intramolecular Hbond substituents is 1. The maximum atomic E-state index is 12.6. The number of methoxy groups -OCH3 is 1. The molecule has 0 amide bonds. The van der Waals surface area contributed by atoms with E-state index < -0.39 is 73.4 Å². The average molecular weight is 593 g/mol. The quantitative estimate of drug-likeness (QED) is 0.179. The molecule has 0 bridgehead atoms. The predicted octanol–water partition coefficient (Wildman–Crippen LogP) is -0.795. The summed E-state index contributed by atoms with van der Waals surface area (Å²) in [7, 11) is 1.41. The second-order valence-corrected chi connectivity index (χ2v) is 10.2. The summed E-state index contributed by atoms with van der Waals surface area (Å²) in [6.07, 6.45) is -14.2. The minimum atomic E-state index is -1.68. The highest BCUT2D eigenvalue weighted by Gasteiger charge is 2.47. The number of hydrogen-bond donors (Lipinski definition) is 7. The number of rotatable bonds is 7. The predicted molar refractivity (Wildman–Crippen MR) is 142 cm³/mol. The topological polar surface area (TPSA) is 218 Å². The molecule has 42 heavy (non-hydrogen) atoms. The van der Waals surface area contributed by atoms with Gasteiger partial charge in [-0.2, -0.15) is 0 Å². The van der Waals surface area contributed by atoms with Crippen LogP contribution in [0.1, 0.15) is 6.92 Å². The van der Waals surface area contributed by atoms with Gasteiger partial charge in [0, 0.05) is 23.8 Å². The first-order valence-electron chi connectivity index (χ1n) is 13.1. The lowest BCUT2D eigenvalue weighted by atomic mass is 9.98. The molecule has 0 radical (unpaired) electrons. The van der Waals surface area contributed by atoms with Gasteiger partial charge < -0.3 is 63.8 Å². The summed E-state index contributed by atoms with van der Waals surface area (Å²) in [6, 6.07) is 10.2. The van der Waals surface area contributed by atoms with E-state index in [-0.39, 0.29) is 28.2 Å². The molecule has 2 saturated heterocycles. The van der Waals surface area contributed by atoms with Gasteiger partial charge in [-0.3, -0.25) is 4.79 Å². The minimum absolute atomic E-state index is 0.00931. The van der Waals surface area contributed by atoms with Crippen molar-refractivity contribution in [3.63, 3.8) is 0 Å². The fraction of sp³-hybridized carbons (Fsp3) is 0.464. The summed E-state index contributed by atoms with van der Waals surface area (Å²) in [5.41, 5.74) is 0.154. The molecule has 2 aliphatic rings. The third kappa shape index (κ3) is 5.81. The van der Waals surface area contributed by atoms with Crippen molar-refractivity contribution in [1.29, 1.82) is 0 Å². The Kier molecular flexibility index (Phi) is 8.71. The van der Waals surface area contributed by atoms with Crippen molar-refractivity contribution >= 4 is 11.0 Å². The molecule has 5 rings (SSSR count). The van der Waals surface area contributed by atoms with Gasteiger partial charge in [0.25, 0.3) is 0 Å². The Hall–Kier alpha value is -3.31. The van der Waals surface area contributed by atoms with E-state index in [1.54, 1.807) is 12.1 Å². The van der Waals surface area contributed by atoms with Gasteiger partial charge in [-0.25, -0.2) is 0 Å². The second kappa shape index (κ2) is 12.1. The first-order valence-corrected chi connectivity index (χ1v) is 13.1. The van der Waals surface area contributed by atoms with E-state index in [1.165, 1.54) is 44.4 Å². The lowest BCUT2D eigenvalue weighted by molar-refractivity contribution is -0.318. The number of aliphatic hydroxyl groups excluding tert-OH is 6. The van der Waals surface area contributed by atoms with E-state index >= 15 is 0 Å². The van der Waals surface area contributed by atoms with Gasteiger partial charge in [-0.1, -0.05) is 0 Å². The Bertz CT molecular complexity index is 1440. The molecule has 1 aromatic heterocycles. The molecule has 0 unspecified atom stereocenters. The first-order chi connectivity index (χ1) is 20.0. The minimum Gasteiger partial charge on any atom is -0.507 e. The normalized spacial score (nSPS) is 33.4. The van der Waals surface area contributed by atoms with Crippen LogP contribution in [0.3, 0.4) is 0 Å². The molecule has 0 spiro atoms. The summed E-state index contributed by atoms with van der Waals surface area (Å²) in [5, 5.41) is 71.4. The Labute approximate surface area is 238 Å². The summed E-state index contributed by atoms with van der Waals surface area (Å²) in [4.78, 5) is 12.6. The van der Waals surface area contributed by atoms with Crippen LogP contribution in [0.4, 0.5) is 0 Å². The maximum absolute atomic E-state index is 12.6. The molecule has 0 saturated carbocycles. The molecule has 7 N–H and O–H groups in total. The van der Waals surface area contributed by atoms with Crippen LogP contribution in [-0.2, 0) is 14.2 Å². The highest BCUT2D eigenvalue weighted by Crippen LogP contribution is 2.32. The monoisotopic (exact) mass is 592 g/mol. The number of aliphatic hydroxyl groups is 6. The van der Waals surface area contributed by atoms with E-state index in [0.717, 1.165) is 0 Å². The van der Waals surface area contributed by atoms with Crippen LogP contribution in [0.25, 0.3) is 22.3 Å². The van der Waals surface area contributed by atoms with E-state index in [4.69, 9.17) is 28.1 Å². The molecular weight excluding hydrogens is 560 g/mol. The Morgan fingerprint density at radius 1 is 0.786 bits per heavy atom. The Balaban J connectivity index is 1.28. The van der Waals surface area contributed by atoms with Crippen molar-refractivity contribution < 1.29 is 63.8 Å². The van der Waals surface area contributed by atoms with Crippen molar-refractivity contribution in [1.82, 2.24) is 0 Å². The average Bonchev–Trinajstić information content (AvgIpc) is 2.97. The zero-order valence-corrected chi connectivity index (χ0v) is 22.5. The zero-order valence-electron chi connectivity index (χ0n) is 22.5. The van der Waals surface area contributed by atoms with Crippen LogP contribution in [0, 0.1) is 0 Å². The van der Waals surface area contributed by atoms with Crippen LogP contribution in [-0.4, -0.2) is 111 Å². The van der Waals surface area contributed by atoms with Gasteiger partial charge in [0.15, 0.2) is 11.7 Å². The van der Waals surface area contributed by atoms with Crippen molar-refractivity contribution in [2.75, 3.05) is 13.7 Å². The van der Waals surface area contributed by atoms with E-state index in [1.807, 2.05) is 0 Å². The fourth-order valence-electron chi connectivity index (χ4n) is 4.83. The molecule has 3 heterocycles. The number of ether oxygens (including phenoxy) is 5. The van der Waals surface area contributed by atoms with Crippen molar-refractivity contribution in [3.05, 3.63) is 52.7 Å². The standard InChI is InChI=1S/C28H32O14/c1-11-21(31)23(33)25(35)27(39-11)38-10-19-22(32)24(34)26(36)28(42-19)40-13-5-3-12(4-6-13)17-9-16(30)20-15(29)7-14(37-2)8-18(20)41-17/h3-9,11,19,21-29,31-36H,10H2,1-2H3/t11-,19-,21-,22-,23+,24+,25+,26-,27-,28-/m1/s1. The van der Waals surface area contributed by atoms with Crippen LogP contribution >= 0.6 is 0 Å². The fourth-order valence-corrected chi connectivity index (χ4v) is 4.83. The molecule has 14 nitrogen and oxygen atoms in total. The molecule has 3 aromatic rings. The number of benzene rings is 2. The smallest absolute Gasteiger partial charge is 0.229 e. The molecule has 2 aliphatic heterocycles. The number of aromatic hydroxyl groups is 1. The lowest BCUT2D eigenvalue weighted by Crippen LogP contribution is -2.61. The van der Waals surface area contributed by atoms with Crippen molar-refractivity contribution in [3.8, 4) is 28.6 Å². The van der Waals surface area contributed by atoms with Crippen LogP contribution < -0.4 is 14.9 Å². The number of hydrogen-bond acceptors (Lipinski definition) is 14. The van der Waals surface area contributed by atoms with Crippen molar-refractivity contribution in [2.24, 2.45) is 0 Å². The van der Waals surface area contributed by atoms with Gasteiger partial charge >= 0.3 is 0 Å². The van der Waals surface area contributed by atoms with Gasteiger partial charge in [-0.15, -0.1) is 0 Å². The number of fused-ring (bicyclic) bond motifs is 1. The Morgan fingerprint density at radius 3 is 2.14 bits per heavy atom. The first kappa shape index (κ1) is 30.2. The van der Waals surface area contributed by atoms with Gasteiger partial charge in [0.1, 0.15) is 76.7 Å². The van der Waals surface area contributed by atoms with Crippen molar-refractivity contribution in [2.45, 2.75) is 68.3 Å². The molecule has 2 fully saturated rings. The van der Waals surface area contributed by atoms with Crippen LogP contribution in [0.5, 0.6) is 17.2 Å². The third-order valence-electron chi connectivity index (χ3n) is 7.31. The molecule has 10 atom stereocenters. The van der Waals surface area contributed by atoms with Gasteiger partial charge in [-0.05, 0) is 31.2 Å². The summed E-state index contributed by atoms with van der Waals surface area (Å²) in [6.45, 7) is 1.05. The summed E-state index contributed by atoms with van der Waals surface area (Å²) >= 11 is 0. The summed E-state index contributed by atoms with van der Waals surface area (Å²) < 4.78 is 33.1. The lowest BCUT2D eigenvalue weighted by Gasteiger charge is -2.42. The molecule has 14 heteroatoms. The van der Waals surface area contributed by atoms with Crippen LogP contribution in [0.2, 0.25) is 0 Å². The highest BCUT2D eigenvalue weighted by molar-refractivity contribution is 5.86. The molecule has 2 aromatic carbocycles. The largest absolute Gasteiger partial charge is 0.507 e. The van der Waals surface area contributed by atoms with Crippen LogP contribution in [0.15, 0.2) is 51.7 Å². The summed E-state index contributed by atoms with van der Waals surface area (Å²) in [5.74, 6) is 0.435. The molecular formula is C28H32O14.